The third-order valence-corrected chi connectivity index (χ3v) is 3.29. The Bertz CT molecular complexity index is 356. The second-order valence-corrected chi connectivity index (χ2v) is 4.80. The van der Waals surface area contributed by atoms with E-state index >= 15 is 0 Å². The molecular formula is C12H21N3O2. The highest BCUT2D eigenvalue weighted by Crippen LogP contribution is 2.23. The molecule has 0 aliphatic carbocycles. The second-order valence-electron chi connectivity index (χ2n) is 4.80. The molecule has 1 atom stereocenters. The predicted octanol–water partition coefficient (Wildman–Crippen LogP) is 1.68. The first-order chi connectivity index (χ1) is 8.17. The highest BCUT2D eigenvalue weighted by molar-refractivity contribution is 5.27. The summed E-state index contributed by atoms with van der Waals surface area (Å²) in [6.45, 7) is 6.43. The van der Waals surface area contributed by atoms with E-state index in [0.717, 1.165) is 25.5 Å². The fourth-order valence-electron chi connectivity index (χ4n) is 2.07. The van der Waals surface area contributed by atoms with Crippen molar-refractivity contribution in [2.24, 2.45) is 0 Å². The zero-order valence-corrected chi connectivity index (χ0v) is 10.8. The Hall–Kier alpha value is -1.07. The van der Waals surface area contributed by atoms with Gasteiger partial charge in [-0.3, -0.25) is 0 Å². The van der Waals surface area contributed by atoms with E-state index in [0.29, 0.717) is 12.6 Å². The fourth-order valence-corrected chi connectivity index (χ4v) is 2.07. The van der Waals surface area contributed by atoms with Crippen LogP contribution in [-0.2, 0) is 9.47 Å². The summed E-state index contributed by atoms with van der Waals surface area (Å²) in [5.41, 5.74) is -0.201. The lowest BCUT2D eigenvalue weighted by atomic mass is 10.0. The van der Waals surface area contributed by atoms with Gasteiger partial charge in [0.25, 0.3) is 0 Å². The maximum Gasteiger partial charge on any atom is 0.203 e. The van der Waals surface area contributed by atoms with Crippen LogP contribution in [0.15, 0.2) is 12.4 Å². The maximum atomic E-state index is 5.57. The smallest absolute Gasteiger partial charge is 0.203 e. The van der Waals surface area contributed by atoms with Gasteiger partial charge in [-0.05, 0) is 13.8 Å². The molecule has 1 aromatic heterocycles. The van der Waals surface area contributed by atoms with Crippen LogP contribution in [0.4, 0.5) is 5.95 Å². The van der Waals surface area contributed by atoms with E-state index in [1.54, 1.807) is 7.11 Å². The molecule has 0 bridgehead atoms. The minimum absolute atomic E-state index is 0.201. The van der Waals surface area contributed by atoms with Gasteiger partial charge in [0.2, 0.25) is 5.95 Å². The van der Waals surface area contributed by atoms with Crippen molar-refractivity contribution in [2.45, 2.75) is 31.9 Å². The standard InChI is InChI=1S/C12H21N3O2/c1-10(2)15-6-5-13-11(15)14-8-12(16-3)4-7-17-9-12/h5-6,10H,4,7-9H2,1-3H3,(H,13,14). The van der Waals surface area contributed by atoms with Crippen LogP contribution >= 0.6 is 0 Å². The Labute approximate surface area is 102 Å². The van der Waals surface area contributed by atoms with Crippen LogP contribution in [0.5, 0.6) is 0 Å². The van der Waals surface area contributed by atoms with Crippen molar-refractivity contribution in [1.29, 1.82) is 0 Å². The van der Waals surface area contributed by atoms with Crippen LogP contribution < -0.4 is 5.32 Å². The lowest BCUT2D eigenvalue weighted by molar-refractivity contribution is -0.00636. The Morgan fingerprint density at radius 2 is 2.47 bits per heavy atom. The topological polar surface area (TPSA) is 48.3 Å². The molecule has 17 heavy (non-hydrogen) atoms. The average Bonchev–Trinajstić information content (AvgIpc) is 2.96. The molecule has 1 aliphatic heterocycles. The molecule has 2 heterocycles. The molecule has 1 saturated heterocycles. The largest absolute Gasteiger partial charge is 0.378 e. The van der Waals surface area contributed by atoms with Gasteiger partial charge in [0.15, 0.2) is 0 Å². The number of nitrogens with one attached hydrogen (secondary N) is 1. The zero-order chi connectivity index (χ0) is 12.3. The predicted molar refractivity (Wildman–Crippen MR) is 66.3 cm³/mol. The third kappa shape index (κ3) is 2.61. The van der Waals surface area contributed by atoms with Gasteiger partial charge in [0.05, 0.1) is 6.61 Å². The van der Waals surface area contributed by atoms with Crippen molar-refractivity contribution in [1.82, 2.24) is 9.55 Å². The Morgan fingerprint density at radius 3 is 3.06 bits per heavy atom. The van der Waals surface area contributed by atoms with Gasteiger partial charge in [-0.1, -0.05) is 0 Å². The molecule has 0 aromatic carbocycles. The first kappa shape index (κ1) is 12.4. The molecule has 0 amide bonds. The van der Waals surface area contributed by atoms with Crippen molar-refractivity contribution in [3.05, 3.63) is 12.4 Å². The number of hydrogen-bond acceptors (Lipinski definition) is 4. The summed E-state index contributed by atoms with van der Waals surface area (Å²) in [7, 11) is 1.74. The zero-order valence-electron chi connectivity index (χ0n) is 10.8. The highest BCUT2D eigenvalue weighted by atomic mass is 16.5. The van der Waals surface area contributed by atoms with Gasteiger partial charge < -0.3 is 19.4 Å². The van der Waals surface area contributed by atoms with E-state index in [1.807, 2.05) is 12.4 Å². The molecule has 0 radical (unpaired) electrons. The third-order valence-electron chi connectivity index (χ3n) is 3.29. The lowest BCUT2D eigenvalue weighted by Crippen LogP contribution is -2.40. The summed E-state index contributed by atoms with van der Waals surface area (Å²) in [6, 6.07) is 0.401. The lowest BCUT2D eigenvalue weighted by Gasteiger charge is -2.26. The van der Waals surface area contributed by atoms with Crippen LogP contribution in [0.1, 0.15) is 26.3 Å². The van der Waals surface area contributed by atoms with Crippen molar-refractivity contribution < 1.29 is 9.47 Å². The molecule has 5 heteroatoms. The van der Waals surface area contributed by atoms with E-state index in [4.69, 9.17) is 9.47 Å². The first-order valence-corrected chi connectivity index (χ1v) is 6.06. The van der Waals surface area contributed by atoms with E-state index < -0.39 is 0 Å². The number of rotatable bonds is 5. The summed E-state index contributed by atoms with van der Waals surface area (Å²) in [5.74, 6) is 0.892. The van der Waals surface area contributed by atoms with Gasteiger partial charge in [-0.25, -0.2) is 4.98 Å². The Balaban J connectivity index is 1.99. The SMILES string of the molecule is COC1(CNc2nccn2C(C)C)CCOC1. The van der Waals surface area contributed by atoms with Gasteiger partial charge in [0, 0.05) is 45.1 Å². The minimum Gasteiger partial charge on any atom is -0.378 e. The van der Waals surface area contributed by atoms with E-state index in [1.165, 1.54) is 0 Å². The van der Waals surface area contributed by atoms with Gasteiger partial charge >= 0.3 is 0 Å². The van der Waals surface area contributed by atoms with Crippen LogP contribution in [0.3, 0.4) is 0 Å². The normalized spacial score (nSPS) is 24.5. The monoisotopic (exact) mass is 239 g/mol. The average molecular weight is 239 g/mol. The number of ether oxygens (including phenoxy) is 2. The quantitative estimate of drug-likeness (QED) is 0.849. The van der Waals surface area contributed by atoms with E-state index in [-0.39, 0.29) is 5.60 Å². The molecule has 1 fully saturated rings. The number of aromatic nitrogens is 2. The van der Waals surface area contributed by atoms with Gasteiger partial charge in [-0.15, -0.1) is 0 Å². The molecule has 1 N–H and O–H groups in total. The van der Waals surface area contributed by atoms with Crippen LogP contribution in [0.25, 0.3) is 0 Å². The molecule has 2 rings (SSSR count). The van der Waals surface area contributed by atoms with E-state index in [2.05, 4.69) is 28.7 Å². The molecule has 1 aromatic rings. The molecule has 0 saturated carbocycles. The van der Waals surface area contributed by atoms with Crippen molar-refractivity contribution >= 4 is 5.95 Å². The summed E-state index contributed by atoms with van der Waals surface area (Å²) in [5, 5.41) is 3.36. The second kappa shape index (κ2) is 5.06. The summed E-state index contributed by atoms with van der Waals surface area (Å²) >= 11 is 0. The maximum absolute atomic E-state index is 5.57. The number of anilines is 1. The van der Waals surface area contributed by atoms with Crippen molar-refractivity contribution in [2.75, 3.05) is 32.2 Å². The molecular weight excluding hydrogens is 218 g/mol. The number of nitrogens with zero attached hydrogens (tertiary/aromatic N) is 2. The Kier molecular flexibility index (Phi) is 3.69. The summed E-state index contributed by atoms with van der Waals surface area (Å²) in [4.78, 5) is 4.32. The van der Waals surface area contributed by atoms with Crippen LogP contribution in [0.2, 0.25) is 0 Å². The van der Waals surface area contributed by atoms with Gasteiger partial charge in [0.1, 0.15) is 5.60 Å². The summed E-state index contributed by atoms with van der Waals surface area (Å²) < 4.78 is 13.1. The molecule has 0 spiro atoms. The molecule has 96 valence electrons. The number of hydrogen-bond donors (Lipinski definition) is 1. The highest BCUT2D eigenvalue weighted by Gasteiger charge is 2.35. The van der Waals surface area contributed by atoms with Crippen molar-refractivity contribution in [3.63, 3.8) is 0 Å². The number of imidazole rings is 1. The Morgan fingerprint density at radius 1 is 1.65 bits per heavy atom. The van der Waals surface area contributed by atoms with Crippen LogP contribution in [-0.4, -0.2) is 42.0 Å². The molecule has 1 unspecified atom stereocenters. The molecule has 1 aliphatic rings. The molecule has 5 nitrogen and oxygen atoms in total. The first-order valence-electron chi connectivity index (χ1n) is 6.06. The van der Waals surface area contributed by atoms with Crippen LogP contribution in [0, 0.1) is 0 Å². The minimum atomic E-state index is -0.201. The van der Waals surface area contributed by atoms with E-state index in [9.17, 15) is 0 Å². The summed E-state index contributed by atoms with van der Waals surface area (Å²) in [6.07, 6.45) is 4.73. The van der Waals surface area contributed by atoms with Crippen molar-refractivity contribution in [3.8, 4) is 0 Å². The number of methoxy groups -OCH3 is 1. The fraction of sp³-hybridized carbons (Fsp3) is 0.750. The van der Waals surface area contributed by atoms with Gasteiger partial charge in [-0.2, -0.15) is 0 Å².